The van der Waals surface area contributed by atoms with Crippen molar-refractivity contribution in [2.45, 2.75) is 40.2 Å². The molecule has 1 aromatic heterocycles. The Bertz CT molecular complexity index is 449. The molecular weight excluding hydrogens is 222 g/mol. The molecule has 1 heterocycles. The van der Waals surface area contributed by atoms with Crippen LogP contribution in [0.1, 0.15) is 43.9 Å². The predicted molar refractivity (Wildman–Crippen MR) is 60.7 cm³/mol. The summed E-state index contributed by atoms with van der Waals surface area (Å²) >= 11 is 0. The highest BCUT2D eigenvalue weighted by Gasteiger charge is 2.35. The Morgan fingerprint density at radius 2 is 2.00 bits per heavy atom. The first kappa shape index (κ1) is 13.3. The number of rotatable bonds is 4. The predicted octanol–water partition coefficient (Wildman–Crippen LogP) is 1.09. The van der Waals surface area contributed by atoms with E-state index in [0.29, 0.717) is 12.3 Å². The highest BCUT2D eigenvalue weighted by molar-refractivity contribution is 5.93. The van der Waals surface area contributed by atoms with E-state index >= 15 is 0 Å². The molecule has 0 aliphatic rings. The minimum atomic E-state index is -0.971. The molecule has 0 aliphatic heterocycles. The van der Waals surface area contributed by atoms with Crippen molar-refractivity contribution < 1.29 is 14.3 Å². The van der Waals surface area contributed by atoms with Crippen molar-refractivity contribution in [3.8, 4) is 0 Å². The van der Waals surface area contributed by atoms with Crippen LogP contribution in [0.2, 0.25) is 0 Å². The maximum absolute atomic E-state index is 11.8. The van der Waals surface area contributed by atoms with Crippen LogP contribution >= 0.6 is 0 Å². The van der Waals surface area contributed by atoms with Gasteiger partial charge in [0.2, 0.25) is 0 Å². The molecule has 6 nitrogen and oxygen atoms in total. The Kier molecular flexibility index (Phi) is 3.65. The lowest BCUT2D eigenvalue weighted by molar-refractivity contribution is -0.152. The lowest BCUT2D eigenvalue weighted by Crippen LogP contribution is -2.39. The van der Waals surface area contributed by atoms with Crippen LogP contribution < -0.4 is 0 Å². The van der Waals surface area contributed by atoms with Crippen LogP contribution in [0, 0.1) is 6.92 Å². The average Bonchev–Trinajstić information content (AvgIpc) is 2.60. The summed E-state index contributed by atoms with van der Waals surface area (Å²) in [5.74, 6) is -0.573. The van der Waals surface area contributed by atoms with Crippen LogP contribution in [0.4, 0.5) is 0 Å². The van der Waals surface area contributed by atoms with E-state index in [2.05, 4.69) is 10.3 Å². The largest absolute Gasteiger partial charge is 0.464 e. The number of esters is 1. The summed E-state index contributed by atoms with van der Waals surface area (Å²) in [7, 11) is 0. The monoisotopic (exact) mass is 239 g/mol. The first-order valence-corrected chi connectivity index (χ1v) is 5.43. The molecule has 0 atom stereocenters. The first-order chi connectivity index (χ1) is 7.82. The van der Waals surface area contributed by atoms with Crippen molar-refractivity contribution in [1.82, 2.24) is 15.0 Å². The maximum Gasteiger partial charge on any atom is 0.333 e. The molecule has 0 fully saturated rings. The van der Waals surface area contributed by atoms with E-state index in [0.717, 1.165) is 0 Å². The van der Waals surface area contributed by atoms with Crippen molar-refractivity contribution >= 4 is 11.8 Å². The molecule has 17 heavy (non-hydrogen) atoms. The number of Topliss-reactive ketones (excluding diaryl/α,β-unsaturated/α-hetero) is 1. The molecule has 0 spiro atoms. The Morgan fingerprint density at radius 3 is 2.41 bits per heavy atom. The highest BCUT2D eigenvalue weighted by Crippen LogP contribution is 2.19. The van der Waals surface area contributed by atoms with Gasteiger partial charge in [-0.05, 0) is 27.7 Å². The Balaban J connectivity index is 3.15. The molecule has 0 amide bonds. The van der Waals surface area contributed by atoms with Gasteiger partial charge in [0, 0.05) is 6.92 Å². The zero-order valence-corrected chi connectivity index (χ0v) is 10.8. The van der Waals surface area contributed by atoms with Gasteiger partial charge in [0.15, 0.2) is 17.0 Å². The van der Waals surface area contributed by atoms with Gasteiger partial charge in [-0.15, -0.1) is 5.10 Å². The molecule has 0 saturated carbocycles. The van der Waals surface area contributed by atoms with Gasteiger partial charge < -0.3 is 4.74 Å². The van der Waals surface area contributed by atoms with Gasteiger partial charge in [0.05, 0.1) is 12.3 Å². The van der Waals surface area contributed by atoms with Crippen molar-refractivity contribution in [3.05, 3.63) is 11.4 Å². The standard InChI is InChI=1S/C11H17N3O3/c1-6-17-10(16)11(4,5)14-7(2)9(8(3)15)12-13-14/h6H2,1-5H3. The molecule has 0 aliphatic carbocycles. The normalized spacial score (nSPS) is 11.4. The van der Waals surface area contributed by atoms with Crippen LogP contribution in [0.25, 0.3) is 0 Å². The summed E-state index contributed by atoms with van der Waals surface area (Å²) < 4.78 is 6.39. The maximum atomic E-state index is 11.8. The number of hydrogen-bond donors (Lipinski definition) is 0. The lowest BCUT2D eigenvalue weighted by Gasteiger charge is -2.23. The molecule has 6 heteroatoms. The second kappa shape index (κ2) is 4.65. The number of ether oxygens (including phenoxy) is 1. The third kappa shape index (κ3) is 2.35. The van der Waals surface area contributed by atoms with Gasteiger partial charge in [-0.3, -0.25) is 4.79 Å². The topological polar surface area (TPSA) is 74.1 Å². The fourth-order valence-corrected chi connectivity index (χ4v) is 1.58. The molecule has 0 bridgehead atoms. The minimum Gasteiger partial charge on any atom is -0.464 e. The number of aromatic nitrogens is 3. The van der Waals surface area contributed by atoms with Gasteiger partial charge in [-0.2, -0.15) is 0 Å². The third-order valence-electron chi connectivity index (χ3n) is 2.53. The summed E-state index contributed by atoms with van der Waals surface area (Å²) in [4.78, 5) is 23.1. The minimum absolute atomic E-state index is 0.173. The molecule has 0 radical (unpaired) electrons. The highest BCUT2D eigenvalue weighted by atomic mass is 16.5. The SMILES string of the molecule is CCOC(=O)C(C)(C)n1nnc(C(C)=O)c1C. The second-order valence-electron chi connectivity index (χ2n) is 4.27. The summed E-state index contributed by atoms with van der Waals surface area (Å²) in [5.41, 5.74) is -0.126. The van der Waals surface area contributed by atoms with Gasteiger partial charge in [-0.25, -0.2) is 9.48 Å². The molecular formula is C11H17N3O3. The lowest BCUT2D eigenvalue weighted by atomic mass is 10.1. The fraction of sp³-hybridized carbons (Fsp3) is 0.636. The second-order valence-corrected chi connectivity index (χ2v) is 4.27. The first-order valence-electron chi connectivity index (χ1n) is 5.43. The van der Waals surface area contributed by atoms with E-state index in [1.165, 1.54) is 11.6 Å². The quantitative estimate of drug-likeness (QED) is 0.580. The van der Waals surface area contributed by atoms with Crippen LogP contribution in [0.5, 0.6) is 0 Å². The molecule has 1 rings (SSSR count). The Morgan fingerprint density at radius 1 is 1.41 bits per heavy atom. The van der Waals surface area contributed by atoms with E-state index in [4.69, 9.17) is 4.74 Å². The van der Waals surface area contributed by atoms with Crippen molar-refractivity contribution in [2.24, 2.45) is 0 Å². The van der Waals surface area contributed by atoms with Crippen LogP contribution in [-0.4, -0.2) is 33.4 Å². The van der Waals surface area contributed by atoms with Gasteiger partial charge in [0.25, 0.3) is 0 Å². The summed E-state index contributed by atoms with van der Waals surface area (Å²) in [6, 6.07) is 0. The zero-order chi connectivity index (χ0) is 13.2. The van der Waals surface area contributed by atoms with Crippen molar-refractivity contribution in [1.29, 1.82) is 0 Å². The third-order valence-corrected chi connectivity index (χ3v) is 2.53. The molecule has 1 aromatic rings. The van der Waals surface area contributed by atoms with E-state index in [-0.39, 0.29) is 11.5 Å². The molecule has 94 valence electrons. The number of hydrogen-bond acceptors (Lipinski definition) is 5. The molecule has 0 N–H and O–H groups in total. The van der Waals surface area contributed by atoms with E-state index in [9.17, 15) is 9.59 Å². The van der Waals surface area contributed by atoms with Crippen LogP contribution in [0.15, 0.2) is 0 Å². The smallest absolute Gasteiger partial charge is 0.333 e. The summed E-state index contributed by atoms with van der Waals surface area (Å²) in [5, 5.41) is 7.64. The van der Waals surface area contributed by atoms with Gasteiger partial charge >= 0.3 is 5.97 Å². The summed E-state index contributed by atoms with van der Waals surface area (Å²) in [6.07, 6.45) is 0. The van der Waals surface area contributed by atoms with E-state index in [1.54, 1.807) is 27.7 Å². The number of carbonyl (C=O) groups excluding carboxylic acids is 2. The number of carbonyl (C=O) groups is 2. The molecule has 0 unspecified atom stereocenters. The van der Waals surface area contributed by atoms with Crippen LogP contribution in [0.3, 0.4) is 0 Å². The van der Waals surface area contributed by atoms with Gasteiger partial charge in [0.1, 0.15) is 0 Å². The number of nitrogens with zero attached hydrogens (tertiary/aromatic N) is 3. The van der Waals surface area contributed by atoms with Crippen LogP contribution in [-0.2, 0) is 15.1 Å². The number of ketones is 1. The Labute approximate surface area is 99.9 Å². The fourth-order valence-electron chi connectivity index (χ4n) is 1.58. The van der Waals surface area contributed by atoms with Crippen molar-refractivity contribution in [2.75, 3.05) is 6.61 Å². The molecule has 0 aromatic carbocycles. The Hall–Kier alpha value is -1.72. The molecule has 0 saturated heterocycles. The van der Waals surface area contributed by atoms with Gasteiger partial charge in [-0.1, -0.05) is 5.21 Å². The van der Waals surface area contributed by atoms with E-state index in [1.807, 2.05) is 0 Å². The average molecular weight is 239 g/mol. The van der Waals surface area contributed by atoms with E-state index < -0.39 is 11.5 Å². The zero-order valence-electron chi connectivity index (χ0n) is 10.8. The van der Waals surface area contributed by atoms with Crippen molar-refractivity contribution in [3.63, 3.8) is 0 Å². The summed E-state index contributed by atoms with van der Waals surface area (Å²) in [6.45, 7) is 8.52.